The molecule has 0 saturated heterocycles. The van der Waals surface area contributed by atoms with E-state index in [1.54, 1.807) is 0 Å². The van der Waals surface area contributed by atoms with Gasteiger partial charge in [-0.1, -0.05) is 67.9 Å². The van der Waals surface area contributed by atoms with Gasteiger partial charge < -0.3 is 0 Å². The largest absolute Gasteiger partial charge is 0.299 e. The van der Waals surface area contributed by atoms with E-state index in [1.165, 1.54) is 16.7 Å². The van der Waals surface area contributed by atoms with Crippen LogP contribution in [-0.2, 0) is 17.6 Å². The van der Waals surface area contributed by atoms with Gasteiger partial charge in [-0.05, 0) is 36.0 Å². The molecule has 0 atom stereocenters. The molecule has 0 fully saturated rings. The first-order valence-corrected chi connectivity index (χ1v) is 7.70. The van der Waals surface area contributed by atoms with Crippen molar-refractivity contribution < 1.29 is 4.79 Å². The molecule has 2 aromatic carbocycles. The zero-order valence-electron chi connectivity index (χ0n) is 13.2. The SMILES string of the molecule is Cc1cccc(CCC(=O)Cc2ccc(C(C)C)cc2)c1. The molecule has 1 nitrogen and oxygen atoms in total. The first-order chi connectivity index (χ1) is 10.0. The fraction of sp³-hybridized carbons (Fsp3) is 0.350. The molecule has 1 heteroatoms. The number of ketones is 1. The third-order valence-corrected chi connectivity index (χ3v) is 3.82. The van der Waals surface area contributed by atoms with Crippen molar-refractivity contribution in [3.8, 4) is 0 Å². The number of Topliss-reactive ketones (excluding diaryl/α,β-unsaturated/α-hetero) is 1. The van der Waals surface area contributed by atoms with Crippen molar-refractivity contribution in [2.75, 3.05) is 0 Å². The van der Waals surface area contributed by atoms with Crippen LogP contribution in [0, 0.1) is 6.92 Å². The topological polar surface area (TPSA) is 17.1 Å². The van der Waals surface area contributed by atoms with Crippen molar-refractivity contribution in [2.24, 2.45) is 0 Å². The number of carbonyl (C=O) groups is 1. The number of benzene rings is 2. The van der Waals surface area contributed by atoms with E-state index in [2.05, 4.69) is 69.3 Å². The second-order valence-electron chi connectivity index (χ2n) is 6.10. The molecule has 0 aliphatic heterocycles. The molecular formula is C20H24O. The van der Waals surface area contributed by atoms with Crippen LogP contribution < -0.4 is 0 Å². The maximum atomic E-state index is 12.1. The van der Waals surface area contributed by atoms with Gasteiger partial charge in [-0.25, -0.2) is 0 Å². The lowest BCUT2D eigenvalue weighted by Gasteiger charge is -2.07. The fourth-order valence-corrected chi connectivity index (χ4v) is 2.49. The molecule has 21 heavy (non-hydrogen) atoms. The van der Waals surface area contributed by atoms with E-state index >= 15 is 0 Å². The summed E-state index contributed by atoms with van der Waals surface area (Å²) in [4.78, 5) is 12.1. The molecule has 0 radical (unpaired) electrons. The Bertz CT molecular complexity index is 593. The summed E-state index contributed by atoms with van der Waals surface area (Å²) in [5.41, 5.74) is 4.95. The monoisotopic (exact) mass is 280 g/mol. The first kappa shape index (κ1) is 15.5. The number of hydrogen-bond donors (Lipinski definition) is 0. The van der Waals surface area contributed by atoms with Crippen molar-refractivity contribution in [1.29, 1.82) is 0 Å². The highest BCUT2D eigenvalue weighted by molar-refractivity contribution is 5.81. The average Bonchev–Trinajstić information content (AvgIpc) is 2.46. The molecule has 0 spiro atoms. The highest BCUT2D eigenvalue weighted by atomic mass is 16.1. The summed E-state index contributed by atoms with van der Waals surface area (Å²) in [6.45, 7) is 6.45. The Labute approximate surface area is 128 Å². The molecule has 0 aliphatic rings. The van der Waals surface area contributed by atoms with Crippen LogP contribution in [0.1, 0.15) is 48.4 Å². The zero-order valence-corrected chi connectivity index (χ0v) is 13.2. The van der Waals surface area contributed by atoms with Crippen LogP contribution in [0.4, 0.5) is 0 Å². The van der Waals surface area contributed by atoms with Gasteiger partial charge in [-0.15, -0.1) is 0 Å². The Balaban J connectivity index is 1.87. The van der Waals surface area contributed by atoms with E-state index in [9.17, 15) is 4.79 Å². The normalized spacial score (nSPS) is 10.9. The smallest absolute Gasteiger partial charge is 0.137 e. The Morgan fingerprint density at radius 3 is 2.33 bits per heavy atom. The number of aryl methyl sites for hydroxylation is 2. The minimum Gasteiger partial charge on any atom is -0.299 e. The van der Waals surface area contributed by atoms with Gasteiger partial charge in [0, 0.05) is 12.8 Å². The highest BCUT2D eigenvalue weighted by Gasteiger charge is 2.06. The van der Waals surface area contributed by atoms with Crippen LogP contribution in [0.25, 0.3) is 0 Å². The van der Waals surface area contributed by atoms with Gasteiger partial charge in [0.25, 0.3) is 0 Å². The zero-order chi connectivity index (χ0) is 15.2. The lowest BCUT2D eigenvalue weighted by Crippen LogP contribution is -2.04. The quantitative estimate of drug-likeness (QED) is 0.738. The highest BCUT2D eigenvalue weighted by Crippen LogP contribution is 2.15. The fourth-order valence-electron chi connectivity index (χ4n) is 2.49. The number of hydrogen-bond acceptors (Lipinski definition) is 1. The van der Waals surface area contributed by atoms with E-state index in [1.807, 2.05) is 0 Å². The summed E-state index contributed by atoms with van der Waals surface area (Å²) in [5.74, 6) is 0.852. The lowest BCUT2D eigenvalue weighted by atomic mass is 9.98. The molecule has 0 heterocycles. The summed E-state index contributed by atoms with van der Waals surface area (Å²) >= 11 is 0. The summed E-state index contributed by atoms with van der Waals surface area (Å²) in [7, 11) is 0. The van der Waals surface area contributed by atoms with Crippen molar-refractivity contribution >= 4 is 5.78 Å². The lowest BCUT2D eigenvalue weighted by molar-refractivity contribution is -0.118. The van der Waals surface area contributed by atoms with Gasteiger partial charge in [-0.2, -0.15) is 0 Å². The van der Waals surface area contributed by atoms with Crippen LogP contribution in [0.3, 0.4) is 0 Å². The standard InChI is InChI=1S/C20H24O/c1-15(2)19-10-7-18(8-11-19)14-20(21)12-9-17-6-4-5-16(3)13-17/h4-8,10-11,13,15H,9,12,14H2,1-3H3. The van der Waals surface area contributed by atoms with Crippen molar-refractivity contribution in [2.45, 2.75) is 46.0 Å². The van der Waals surface area contributed by atoms with Crippen LogP contribution in [0.5, 0.6) is 0 Å². The molecule has 0 unspecified atom stereocenters. The van der Waals surface area contributed by atoms with E-state index < -0.39 is 0 Å². The predicted octanol–water partition coefficient (Wildman–Crippen LogP) is 4.86. The van der Waals surface area contributed by atoms with Gasteiger partial charge in [0.2, 0.25) is 0 Å². The Kier molecular flexibility index (Phi) is 5.32. The van der Waals surface area contributed by atoms with E-state index in [0.717, 1.165) is 12.0 Å². The maximum absolute atomic E-state index is 12.1. The summed E-state index contributed by atoms with van der Waals surface area (Å²) in [6.07, 6.45) is 2.00. The first-order valence-electron chi connectivity index (χ1n) is 7.70. The molecule has 0 bridgehead atoms. The van der Waals surface area contributed by atoms with Crippen LogP contribution in [-0.4, -0.2) is 5.78 Å². The van der Waals surface area contributed by atoms with E-state index in [-0.39, 0.29) is 0 Å². The predicted molar refractivity (Wildman–Crippen MR) is 88.7 cm³/mol. The van der Waals surface area contributed by atoms with Crippen LogP contribution in [0.15, 0.2) is 48.5 Å². The Hall–Kier alpha value is -1.89. The Morgan fingerprint density at radius 1 is 1.00 bits per heavy atom. The average molecular weight is 280 g/mol. The Morgan fingerprint density at radius 2 is 1.71 bits per heavy atom. The van der Waals surface area contributed by atoms with Gasteiger partial charge >= 0.3 is 0 Å². The maximum Gasteiger partial charge on any atom is 0.137 e. The number of carbonyl (C=O) groups excluding carboxylic acids is 1. The van der Waals surface area contributed by atoms with Crippen molar-refractivity contribution in [1.82, 2.24) is 0 Å². The summed E-state index contributed by atoms with van der Waals surface area (Å²) in [5, 5.41) is 0. The molecule has 2 aromatic rings. The van der Waals surface area contributed by atoms with E-state index in [4.69, 9.17) is 0 Å². The molecule has 0 aromatic heterocycles. The molecule has 110 valence electrons. The molecular weight excluding hydrogens is 256 g/mol. The molecule has 0 aliphatic carbocycles. The van der Waals surface area contributed by atoms with Crippen LogP contribution >= 0.6 is 0 Å². The van der Waals surface area contributed by atoms with Crippen molar-refractivity contribution in [3.63, 3.8) is 0 Å². The van der Waals surface area contributed by atoms with Gasteiger partial charge in [0.15, 0.2) is 0 Å². The second kappa shape index (κ2) is 7.21. The second-order valence-corrected chi connectivity index (χ2v) is 6.10. The molecule has 0 amide bonds. The number of rotatable bonds is 6. The van der Waals surface area contributed by atoms with Gasteiger partial charge in [0.05, 0.1) is 0 Å². The third kappa shape index (κ3) is 4.86. The minimum absolute atomic E-state index is 0.314. The molecule has 2 rings (SSSR count). The van der Waals surface area contributed by atoms with Gasteiger partial charge in [-0.3, -0.25) is 4.79 Å². The van der Waals surface area contributed by atoms with Crippen molar-refractivity contribution in [3.05, 3.63) is 70.8 Å². The van der Waals surface area contributed by atoms with Crippen LogP contribution in [0.2, 0.25) is 0 Å². The molecule has 0 N–H and O–H groups in total. The summed E-state index contributed by atoms with van der Waals surface area (Å²) in [6, 6.07) is 16.8. The third-order valence-electron chi connectivity index (χ3n) is 3.82. The molecule has 0 saturated carbocycles. The van der Waals surface area contributed by atoms with E-state index in [0.29, 0.717) is 24.5 Å². The minimum atomic E-state index is 0.314. The summed E-state index contributed by atoms with van der Waals surface area (Å²) < 4.78 is 0. The van der Waals surface area contributed by atoms with Gasteiger partial charge in [0.1, 0.15) is 5.78 Å².